The number of hydrogen-bond donors (Lipinski definition) is 2. The van der Waals surface area contributed by atoms with Crippen molar-refractivity contribution in [2.75, 3.05) is 19.0 Å². The van der Waals surface area contributed by atoms with Gasteiger partial charge in [-0.2, -0.15) is 0 Å². The van der Waals surface area contributed by atoms with Crippen LogP contribution in [0.3, 0.4) is 0 Å². The van der Waals surface area contributed by atoms with Crippen molar-refractivity contribution in [1.29, 1.82) is 0 Å². The molecule has 4 rings (SSSR count). The van der Waals surface area contributed by atoms with E-state index in [2.05, 4.69) is 22.5 Å². The monoisotopic (exact) mass is 475 g/mol. The van der Waals surface area contributed by atoms with E-state index in [0.717, 1.165) is 35.4 Å². The SMILES string of the molecule is CCCCOc1cccc(C(=O)NC(=S)Nc2ccc(-c3nc4cc(OC)ccc4o3)cc2)c1. The minimum Gasteiger partial charge on any atom is -0.497 e. The number of carbonyl (C=O) groups is 1. The number of aromatic nitrogens is 1. The minimum absolute atomic E-state index is 0.198. The Morgan fingerprint density at radius 1 is 1.06 bits per heavy atom. The number of amides is 1. The van der Waals surface area contributed by atoms with Gasteiger partial charge in [0.05, 0.1) is 13.7 Å². The fourth-order valence-electron chi connectivity index (χ4n) is 3.25. The molecular formula is C26H25N3O4S. The van der Waals surface area contributed by atoms with Gasteiger partial charge in [0, 0.05) is 22.9 Å². The highest BCUT2D eigenvalue weighted by Crippen LogP contribution is 2.27. The van der Waals surface area contributed by atoms with Gasteiger partial charge in [0.1, 0.15) is 17.0 Å². The Hall–Kier alpha value is -3.91. The van der Waals surface area contributed by atoms with E-state index in [1.807, 2.05) is 48.5 Å². The average molecular weight is 476 g/mol. The van der Waals surface area contributed by atoms with Crippen LogP contribution in [0.15, 0.2) is 71.1 Å². The van der Waals surface area contributed by atoms with E-state index in [9.17, 15) is 4.79 Å². The third kappa shape index (κ3) is 5.71. The van der Waals surface area contributed by atoms with E-state index >= 15 is 0 Å². The molecule has 0 aliphatic carbocycles. The zero-order chi connectivity index (χ0) is 23.9. The lowest BCUT2D eigenvalue weighted by atomic mass is 10.2. The molecule has 0 unspecified atom stereocenters. The summed E-state index contributed by atoms with van der Waals surface area (Å²) in [6, 6.07) is 19.9. The first-order chi connectivity index (χ1) is 16.6. The van der Waals surface area contributed by atoms with Gasteiger partial charge in [-0.05, 0) is 73.2 Å². The van der Waals surface area contributed by atoms with E-state index in [1.54, 1.807) is 25.3 Å². The molecule has 0 saturated heterocycles. The van der Waals surface area contributed by atoms with Crippen LogP contribution in [0.1, 0.15) is 30.1 Å². The fourth-order valence-corrected chi connectivity index (χ4v) is 3.46. The molecule has 1 aromatic heterocycles. The second kappa shape index (κ2) is 10.8. The predicted octanol–water partition coefficient (Wildman–Crippen LogP) is 5.81. The van der Waals surface area contributed by atoms with Gasteiger partial charge in [-0.1, -0.05) is 19.4 Å². The molecule has 34 heavy (non-hydrogen) atoms. The zero-order valence-electron chi connectivity index (χ0n) is 19.0. The summed E-state index contributed by atoms with van der Waals surface area (Å²) in [6.07, 6.45) is 2.01. The summed E-state index contributed by atoms with van der Waals surface area (Å²) in [5, 5.41) is 5.92. The quantitative estimate of drug-likeness (QED) is 0.246. The number of carbonyl (C=O) groups excluding carboxylic acids is 1. The summed E-state index contributed by atoms with van der Waals surface area (Å²) in [7, 11) is 1.61. The molecule has 8 heteroatoms. The van der Waals surface area contributed by atoms with Gasteiger partial charge in [-0.25, -0.2) is 4.98 Å². The number of rotatable bonds is 8. The normalized spacial score (nSPS) is 10.6. The van der Waals surface area contributed by atoms with Crippen LogP contribution in [0.5, 0.6) is 11.5 Å². The van der Waals surface area contributed by atoms with Crippen LogP contribution >= 0.6 is 12.2 Å². The fraction of sp³-hybridized carbons (Fsp3) is 0.192. The van der Waals surface area contributed by atoms with Crippen LogP contribution in [0.25, 0.3) is 22.6 Å². The largest absolute Gasteiger partial charge is 0.497 e. The number of benzene rings is 3. The summed E-state index contributed by atoms with van der Waals surface area (Å²) in [4.78, 5) is 17.1. The maximum Gasteiger partial charge on any atom is 0.257 e. The van der Waals surface area contributed by atoms with Crippen molar-refractivity contribution in [3.8, 4) is 23.0 Å². The van der Waals surface area contributed by atoms with Crippen LogP contribution < -0.4 is 20.1 Å². The lowest BCUT2D eigenvalue weighted by molar-refractivity contribution is 0.0977. The Morgan fingerprint density at radius 2 is 1.88 bits per heavy atom. The lowest BCUT2D eigenvalue weighted by Crippen LogP contribution is -2.34. The topological polar surface area (TPSA) is 85.6 Å². The molecule has 4 aromatic rings. The van der Waals surface area contributed by atoms with Gasteiger partial charge < -0.3 is 19.2 Å². The molecule has 7 nitrogen and oxygen atoms in total. The third-order valence-corrected chi connectivity index (χ3v) is 5.28. The molecule has 0 radical (unpaired) electrons. The number of unbranched alkanes of at least 4 members (excludes halogenated alkanes) is 1. The molecule has 0 aliphatic heterocycles. The van der Waals surface area contributed by atoms with Crippen LogP contribution in [0, 0.1) is 0 Å². The second-order valence-electron chi connectivity index (χ2n) is 7.57. The Balaban J connectivity index is 1.36. The first kappa shape index (κ1) is 23.3. The molecule has 1 heterocycles. The highest BCUT2D eigenvalue weighted by Gasteiger charge is 2.11. The van der Waals surface area contributed by atoms with Gasteiger partial charge in [0.2, 0.25) is 5.89 Å². The summed E-state index contributed by atoms with van der Waals surface area (Å²) < 4.78 is 16.7. The van der Waals surface area contributed by atoms with E-state index in [1.165, 1.54) is 0 Å². The molecule has 1 amide bonds. The van der Waals surface area contributed by atoms with Crippen molar-refractivity contribution in [2.45, 2.75) is 19.8 Å². The summed E-state index contributed by atoms with van der Waals surface area (Å²) >= 11 is 5.31. The van der Waals surface area contributed by atoms with Crippen molar-refractivity contribution in [3.63, 3.8) is 0 Å². The number of anilines is 1. The van der Waals surface area contributed by atoms with Crippen molar-refractivity contribution in [2.24, 2.45) is 0 Å². The van der Waals surface area contributed by atoms with Crippen LogP contribution in [0.2, 0.25) is 0 Å². The zero-order valence-corrected chi connectivity index (χ0v) is 19.8. The molecule has 0 fully saturated rings. The number of oxazole rings is 1. The number of nitrogens with one attached hydrogen (secondary N) is 2. The first-order valence-electron chi connectivity index (χ1n) is 11.0. The van der Waals surface area contributed by atoms with Gasteiger partial charge in [0.15, 0.2) is 10.7 Å². The van der Waals surface area contributed by atoms with Crippen LogP contribution in [-0.4, -0.2) is 29.7 Å². The van der Waals surface area contributed by atoms with Crippen LogP contribution in [-0.2, 0) is 0 Å². The van der Waals surface area contributed by atoms with Gasteiger partial charge in [-0.3, -0.25) is 10.1 Å². The lowest BCUT2D eigenvalue weighted by Gasteiger charge is -2.11. The number of thiocarbonyl (C=S) groups is 1. The van der Waals surface area contributed by atoms with Crippen molar-refractivity contribution < 1.29 is 18.7 Å². The number of methoxy groups -OCH3 is 1. The summed E-state index contributed by atoms with van der Waals surface area (Å²) in [5.74, 6) is 1.58. The molecule has 0 bridgehead atoms. The number of nitrogens with zero attached hydrogens (tertiary/aromatic N) is 1. The van der Waals surface area contributed by atoms with Crippen molar-refractivity contribution >= 4 is 40.0 Å². The molecule has 0 aliphatic rings. The maximum absolute atomic E-state index is 12.6. The first-order valence-corrected chi connectivity index (χ1v) is 11.4. The van der Waals surface area contributed by atoms with Crippen LogP contribution in [0.4, 0.5) is 5.69 Å². The Kier molecular flexibility index (Phi) is 7.39. The molecule has 2 N–H and O–H groups in total. The maximum atomic E-state index is 12.6. The Morgan fingerprint density at radius 3 is 2.65 bits per heavy atom. The number of hydrogen-bond acceptors (Lipinski definition) is 6. The van der Waals surface area contributed by atoms with Gasteiger partial charge in [0.25, 0.3) is 5.91 Å². The number of ether oxygens (including phenoxy) is 2. The van der Waals surface area contributed by atoms with E-state index < -0.39 is 0 Å². The third-order valence-electron chi connectivity index (χ3n) is 5.07. The molecule has 0 atom stereocenters. The molecule has 0 spiro atoms. The van der Waals surface area contributed by atoms with Gasteiger partial charge >= 0.3 is 0 Å². The van der Waals surface area contributed by atoms with E-state index in [-0.39, 0.29) is 11.0 Å². The molecular weight excluding hydrogens is 450 g/mol. The molecule has 0 saturated carbocycles. The highest BCUT2D eigenvalue weighted by atomic mass is 32.1. The molecule has 174 valence electrons. The minimum atomic E-state index is -0.308. The summed E-state index contributed by atoms with van der Waals surface area (Å²) in [5.41, 5.74) is 3.42. The smallest absolute Gasteiger partial charge is 0.257 e. The predicted molar refractivity (Wildman–Crippen MR) is 137 cm³/mol. The van der Waals surface area contributed by atoms with Crippen molar-refractivity contribution in [1.82, 2.24) is 10.3 Å². The highest BCUT2D eigenvalue weighted by molar-refractivity contribution is 7.80. The Bertz CT molecular complexity index is 1300. The standard InChI is InChI=1S/C26H25N3O4S/c1-3-4-14-32-21-7-5-6-18(15-21)24(30)29-26(34)27-19-10-8-17(9-11-19)25-28-22-16-20(31-2)12-13-23(22)33-25/h5-13,15-16H,3-4,14H2,1-2H3,(H2,27,29,30,34). The van der Waals surface area contributed by atoms with Crippen molar-refractivity contribution in [3.05, 3.63) is 72.3 Å². The van der Waals surface area contributed by atoms with Gasteiger partial charge in [-0.15, -0.1) is 0 Å². The Labute approximate surface area is 203 Å². The second-order valence-corrected chi connectivity index (χ2v) is 7.98. The van der Waals surface area contributed by atoms with E-state index in [4.69, 9.17) is 26.1 Å². The number of fused-ring (bicyclic) bond motifs is 1. The van der Waals surface area contributed by atoms with E-state index in [0.29, 0.717) is 29.4 Å². The average Bonchev–Trinajstić information content (AvgIpc) is 3.28. The molecule has 3 aromatic carbocycles. The summed E-state index contributed by atoms with van der Waals surface area (Å²) in [6.45, 7) is 2.72.